The van der Waals surface area contributed by atoms with E-state index in [4.69, 9.17) is 9.72 Å². The number of nitrogens with one attached hydrogen (secondary N) is 1. The Kier molecular flexibility index (Phi) is 6.67. The first-order chi connectivity index (χ1) is 14.1. The van der Waals surface area contributed by atoms with Crippen molar-refractivity contribution in [2.45, 2.75) is 51.2 Å². The molecule has 29 heavy (non-hydrogen) atoms. The number of methoxy groups -OCH3 is 1. The number of nitrogens with zero attached hydrogens (tertiary/aromatic N) is 4. The van der Waals surface area contributed by atoms with Crippen molar-refractivity contribution in [1.29, 1.82) is 0 Å². The van der Waals surface area contributed by atoms with Crippen LogP contribution >= 0.6 is 0 Å². The maximum Gasteiger partial charge on any atom is 0.236 e. The first-order valence-electron chi connectivity index (χ1n) is 11.1. The minimum Gasteiger partial charge on any atom is -0.383 e. The fourth-order valence-electron chi connectivity index (χ4n) is 4.61. The average molecular weight is 402 g/mol. The number of hydrogen-bond donors (Lipinski definition) is 1. The molecule has 0 radical (unpaired) electrons. The van der Waals surface area contributed by atoms with Crippen molar-refractivity contribution in [3.8, 4) is 0 Å². The lowest BCUT2D eigenvalue weighted by Crippen LogP contribution is -2.55. The van der Waals surface area contributed by atoms with Crippen LogP contribution in [0.25, 0.3) is 0 Å². The van der Waals surface area contributed by atoms with E-state index in [9.17, 15) is 4.79 Å². The lowest BCUT2D eigenvalue weighted by molar-refractivity contribution is -0.135. The summed E-state index contributed by atoms with van der Waals surface area (Å²) < 4.78 is 5.18. The fraction of sp³-hybridized carbons (Fsp3) is 0.727. The fourth-order valence-corrected chi connectivity index (χ4v) is 4.61. The number of rotatable bonds is 7. The molecule has 1 amide bonds. The van der Waals surface area contributed by atoms with Gasteiger partial charge >= 0.3 is 0 Å². The Bertz CT molecular complexity index is 700. The van der Waals surface area contributed by atoms with Crippen LogP contribution in [0.2, 0.25) is 0 Å². The topological polar surface area (TPSA) is 60.9 Å². The van der Waals surface area contributed by atoms with E-state index < -0.39 is 0 Å². The predicted molar refractivity (Wildman–Crippen MR) is 114 cm³/mol. The van der Waals surface area contributed by atoms with Crippen molar-refractivity contribution in [1.82, 2.24) is 19.7 Å². The molecule has 1 aromatic heterocycles. The van der Waals surface area contributed by atoms with E-state index in [2.05, 4.69) is 33.0 Å². The van der Waals surface area contributed by atoms with Crippen molar-refractivity contribution in [3.05, 3.63) is 23.4 Å². The van der Waals surface area contributed by atoms with Gasteiger partial charge in [-0.15, -0.1) is 0 Å². The van der Waals surface area contributed by atoms with Gasteiger partial charge in [0.15, 0.2) is 0 Å². The van der Waals surface area contributed by atoms with Gasteiger partial charge < -0.3 is 15.0 Å². The highest BCUT2D eigenvalue weighted by atomic mass is 16.5. The van der Waals surface area contributed by atoms with E-state index in [0.717, 1.165) is 63.2 Å². The molecule has 1 N–H and O–H groups in total. The Hall–Kier alpha value is -1.70. The highest BCUT2D eigenvalue weighted by Gasteiger charge is 2.30. The third-order valence-corrected chi connectivity index (χ3v) is 6.56. The molecule has 1 saturated carbocycles. The Morgan fingerprint density at radius 2 is 2.03 bits per heavy atom. The van der Waals surface area contributed by atoms with Crippen molar-refractivity contribution in [2.75, 3.05) is 58.3 Å². The monoisotopic (exact) mass is 401 g/mol. The molecule has 1 aromatic rings. The highest BCUT2D eigenvalue weighted by Crippen LogP contribution is 2.25. The van der Waals surface area contributed by atoms with Gasteiger partial charge in [0.1, 0.15) is 5.82 Å². The van der Waals surface area contributed by atoms with Crippen molar-refractivity contribution < 1.29 is 9.53 Å². The Morgan fingerprint density at radius 3 is 2.72 bits per heavy atom. The molecule has 0 spiro atoms. The molecule has 3 heterocycles. The summed E-state index contributed by atoms with van der Waals surface area (Å²) in [6.07, 6.45) is 4.96. The highest BCUT2D eigenvalue weighted by molar-refractivity contribution is 5.78. The first kappa shape index (κ1) is 20.6. The minimum atomic E-state index is 0.230. The first-order valence-corrected chi connectivity index (χ1v) is 11.1. The van der Waals surface area contributed by atoms with Crippen LogP contribution in [-0.4, -0.2) is 90.7 Å². The largest absolute Gasteiger partial charge is 0.383 e. The molecular weight excluding hydrogens is 366 g/mol. The number of carbonyl (C=O) groups excluding carboxylic acids is 1. The molecule has 1 saturated heterocycles. The molecule has 1 aliphatic carbocycles. The molecule has 3 aliphatic rings. The normalized spacial score (nSPS) is 22.1. The van der Waals surface area contributed by atoms with Crippen molar-refractivity contribution in [3.63, 3.8) is 0 Å². The molecule has 7 heteroatoms. The maximum absolute atomic E-state index is 12.8. The number of carbonyl (C=O) groups is 1. The lowest BCUT2D eigenvalue weighted by Gasteiger charge is -2.43. The summed E-state index contributed by atoms with van der Waals surface area (Å²) in [6.45, 7) is 8.82. The quantitative estimate of drug-likeness (QED) is 0.749. The summed E-state index contributed by atoms with van der Waals surface area (Å²) in [6, 6.07) is 5.21. The summed E-state index contributed by atoms with van der Waals surface area (Å²) >= 11 is 0. The number of fused-ring (bicyclic) bond motifs is 1. The van der Waals surface area contributed by atoms with Crippen molar-refractivity contribution in [2.24, 2.45) is 0 Å². The third kappa shape index (κ3) is 5.08. The van der Waals surface area contributed by atoms with Crippen LogP contribution in [0.5, 0.6) is 0 Å². The van der Waals surface area contributed by atoms with Crippen LogP contribution in [-0.2, 0) is 22.5 Å². The van der Waals surface area contributed by atoms with Crippen LogP contribution in [0.1, 0.15) is 37.4 Å². The van der Waals surface area contributed by atoms with E-state index >= 15 is 0 Å². The van der Waals surface area contributed by atoms with E-state index in [0.29, 0.717) is 13.2 Å². The Balaban J connectivity index is 1.26. The predicted octanol–water partition coefficient (Wildman–Crippen LogP) is 1.58. The van der Waals surface area contributed by atoms with E-state index in [1.54, 1.807) is 7.11 Å². The van der Waals surface area contributed by atoms with Crippen LogP contribution in [0.15, 0.2) is 12.1 Å². The van der Waals surface area contributed by atoms with Gasteiger partial charge in [0.2, 0.25) is 5.91 Å². The molecule has 2 aliphatic heterocycles. The average Bonchev–Trinajstić information content (AvgIpc) is 2.67. The Morgan fingerprint density at radius 1 is 1.24 bits per heavy atom. The van der Waals surface area contributed by atoms with Gasteiger partial charge in [-0.05, 0) is 31.4 Å². The molecule has 7 nitrogen and oxygen atoms in total. The molecule has 4 rings (SSSR count). The van der Waals surface area contributed by atoms with Gasteiger partial charge in [-0.1, -0.05) is 12.5 Å². The van der Waals surface area contributed by atoms with E-state index in [1.165, 1.54) is 24.8 Å². The number of ether oxygens (including phenoxy) is 1. The summed E-state index contributed by atoms with van der Waals surface area (Å²) in [5.74, 6) is 1.18. The van der Waals surface area contributed by atoms with Crippen LogP contribution < -0.4 is 5.32 Å². The maximum atomic E-state index is 12.8. The number of aromatic nitrogens is 1. The van der Waals surface area contributed by atoms with Gasteiger partial charge in [-0.25, -0.2) is 4.98 Å². The molecule has 160 valence electrons. The zero-order chi connectivity index (χ0) is 20.2. The number of anilines is 1. The molecular formula is C22H35N5O2. The van der Waals surface area contributed by atoms with Crippen molar-refractivity contribution >= 4 is 11.7 Å². The zero-order valence-corrected chi connectivity index (χ0v) is 17.9. The smallest absolute Gasteiger partial charge is 0.236 e. The van der Waals surface area contributed by atoms with Crippen LogP contribution in [0, 0.1) is 0 Å². The zero-order valence-electron chi connectivity index (χ0n) is 17.9. The second-order valence-corrected chi connectivity index (χ2v) is 8.77. The number of piperazine rings is 1. The molecule has 0 bridgehead atoms. The minimum absolute atomic E-state index is 0.230. The van der Waals surface area contributed by atoms with Gasteiger partial charge in [-0.2, -0.15) is 0 Å². The molecule has 1 atom stereocenters. The summed E-state index contributed by atoms with van der Waals surface area (Å²) in [5.41, 5.74) is 2.39. The van der Waals surface area contributed by atoms with Gasteiger partial charge in [-0.3, -0.25) is 14.6 Å². The SMILES string of the molecule is COCC(C)Nc1ccc2c(n1)CCN(CC(=O)N1CCN(C3CCC3)CC1)C2. The van der Waals surface area contributed by atoms with E-state index in [-0.39, 0.29) is 11.9 Å². The number of hydrogen-bond acceptors (Lipinski definition) is 6. The van der Waals surface area contributed by atoms with Crippen LogP contribution in [0.4, 0.5) is 5.82 Å². The van der Waals surface area contributed by atoms with Gasteiger partial charge in [0.05, 0.1) is 13.2 Å². The van der Waals surface area contributed by atoms with Gasteiger partial charge in [0.25, 0.3) is 0 Å². The molecule has 1 unspecified atom stereocenters. The lowest BCUT2D eigenvalue weighted by atomic mass is 9.91. The van der Waals surface area contributed by atoms with Crippen LogP contribution in [0.3, 0.4) is 0 Å². The molecule has 2 fully saturated rings. The number of pyridine rings is 1. The third-order valence-electron chi connectivity index (χ3n) is 6.56. The standard InChI is InChI=1S/C22H35N5O2/c1-17(16-29-2)23-21-7-6-18-14-25(9-8-20(18)24-21)15-22(28)27-12-10-26(11-13-27)19-4-3-5-19/h6-7,17,19H,3-5,8-16H2,1-2H3,(H,23,24). The second-order valence-electron chi connectivity index (χ2n) is 8.77. The summed E-state index contributed by atoms with van der Waals surface area (Å²) in [5, 5.41) is 3.38. The second kappa shape index (κ2) is 9.41. The number of amides is 1. The summed E-state index contributed by atoms with van der Waals surface area (Å²) in [4.78, 5) is 24.5. The molecule has 0 aromatic carbocycles. The van der Waals surface area contributed by atoms with Gasteiger partial charge in [0, 0.05) is 70.6 Å². The Labute approximate surface area is 174 Å². The summed E-state index contributed by atoms with van der Waals surface area (Å²) in [7, 11) is 1.71. The van der Waals surface area contributed by atoms with E-state index in [1.807, 2.05) is 6.07 Å².